The van der Waals surface area contributed by atoms with Crippen LogP contribution in [0.2, 0.25) is 0 Å². The SMILES string of the molecule is Cc1nc2c(-c3ccccc3)c(C)nn2c(SCC(=O)O)c1Cc1ccccc1. The maximum atomic E-state index is 11.3. The molecule has 0 atom stereocenters. The third-order valence-electron chi connectivity index (χ3n) is 4.82. The van der Waals surface area contributed by atoms with Gasteiger partial charge in [0.1, 0.15) is 5.03 Å². The number of aryl methyl sites for hydroxylation is 2. The maximum absolute atomic E-state index is 11.3. The lowest BCUT2D eigenvalue weighted by molar-refractivity contribution is -0.133. The molecular weight excluding hydrogens is 382 g/mol. The van der Waals surface area contributed by atoms with Gasteiger partial charge >= 0.3 is 5.97 Å². The molecule has 4 rings (SSSR count). The second-order valence-electron chi connectivity index (χ2n) is 6.89. The molecule has 0 saturated heterocycles. The fraction of sp³-hybridized carbons (Fsp3) is 0.174. The Labute approximate surface area is 173 Å². The van der Waals surface area contributed by atoms with E-state index >= 15 is 0 Å². The van der Waals surface area contributed by atoms with Crippen LogP contribution in [0, 0.1) is 13.8 Å². The summed E-state index contributed by atoms with van der Waals surface area (Å²) in [4.78, 5) is 16.2. The van der Waals surface area contributed by atoms with Gasteiger partial charge in [-0.25, -0.2) is 9.50 Å². The van der Waals surface area contributed by atoms with Gasteiger partial charge in [0, 0.05) is 23.2 Å². The van der Waals surface area contributed by atoms with Gasteiger partial charge < -0.3 is 5.11 Å². The van der Waals surface area contributed by atoms with Crippen LogP contribution in [0.25, 0.3) is 16.8 Å². The van der Waals surface area contributed by atoms with Crippen LogP contribution in [0.15, 0.2) is 65.7 Å². The number of hydrogen-bond donors (Lipinski definition) is 1. The van der Waals surface area contributed by atoms with Crippen molar-refractivity contribution in [3.05, 3.63) is 83.2 Å². The summed E-state index contributed by atoms with van der Waals surface area (Å²) >= 11 is 1.30. The molecule has 0 amide bonds. The Morgan fingerprint density at radius 1 is 1.00 bits per heavy atom. The van der Waals surface area contributed by atoms with Gasteiger partial charge in [-0.2, -0.15) is 5.10 Å². The Kier molecular flexibility index (Phi) is 5.36. The Morgan fingerprint density at radius 2 is 1.66 bits per heavy atom. The third-order valence-corrected chi connectivity index (χ3v) is 5.90. The summed E-state index contributed by atoms with van der Waals surface area (Å²) in [5.41, 5.74) is 6.73. The highest BCUT2D eigenvalue weighted by atomic mass is 32.2. The molecule has 5 nitrogen and oxygen atoms in total. The molecule has 0 saturated carbocycles. The number of aromatic nitrogens is 3. The molecule has 146 valence electrons. The van der Waals surface area contributed by atoms with Crippen LogP contribution in [0.1, 0.15) is 22.5 Å². The molecule has 0 aliphatic rings. The summed E-state index contributed by atoms with van der Waals surface area (Å²) in [6.45, 7) is 3.95. The normalized spacial score (nSPS) is 11.1. The van der Waals surface area contributed by atoms with Crippen LogP contribution < -0.4 is 0 Å². The Morgan fingerprint density at radius 3 is 2.31 bits per heavy atom. The number of thioether (sulfide) groups is 1. The van der Waals surface area contributed by atoms with Gasteiger partial charge in [-0.3, -0.25) is 4.79 Å². The molecule has 0 spiro atoms. The molecule has 0 bridgehead atoms. The first kappa shape index (κ1) is 19.2. The topological polar surface area (TPSA) is 67.5 Å². The monoisotopic (exact) mass is 403 g/mol. The minimum atomic E-state index is -0.851. The minimum Gasteiger partial charge on any atom is -0.481 e. The minimum absolute atomic E-state index is 0.0279. The van der Waals surface area contributed by atoms with E-state index in [-0.39, 0.29) is 5.75 Å². The van der Waals surface area contributed by atoms with E-state index in [2.05, 4.69) is 12.1 Å². The van der Waals surface area contributed by atoms with Crippen LogP contribution >= 0.6 is 11.8 Å². The summed E-state index contributed by atoms with van der Waals surface area (Å²) in [6.07, 6.45) is 0.678. The van der Waals surface area contributed by atoms with E-state index < -0.39 is 5.97 Å². The molecule has 1 N–H and O–H groups in total. The van der Waals surface area contributed by atoms with Gasteiger partial charge in [0.2, 0.25) is 0 Å². The molecule has 0 unspecified atom stereocenters. The van der Waals surface area contributed by atoms with Crippen molar-refractivity contribution in [2.24, 2.45) is 0 Å². The van der Waals surface area contributed by atoms with Crippen LogP contribution in [-0.4, -0.2) is 31.4 Å². The number of rotatable bonds is 6. The van der Waals surface area contributed by atoms with Crippen LogP contribution in [-0.2, 0) is 11.2 Å². The fourth-order valence-electron chi connectivity index (χ4n) is 3.49. The van der Waals surface area contributed by atoms with E-state index in [0.717, 1.165) is 44.3 Å². The summed E-state index contributed by atoms with van der Waals surface area (Å²) in [5.74, 6) is -0.879. The number of carboxylic acids is 1. The first-order valence-corrected chi connectivity index (χ1v) is 10.4. The van der Waals surface area contributed by atoms with Crippen LogP contribution in [0.5, 0.6) is 0 Å². The van der Waals surface area contributed by atoms with E-state index in [1.54, 1.807) is 0 Å². The van der Waals surface area contributed by atoms with Crippen molar-refractivity contribution in [3.63, 3.8) is 0 Å². The molecule has 2 heterocycles. The summed E-state index contributed by atoms with van der Waals surface area (Å²) < 4.78 is 1.82. The predicted molar refractivity (Wildman–Crippen MR) is 116 cm³/mol. The second kappa shape index (κ2) is 8.09. The van der Waals surface area contributed by atoms with Gasteiger partial charge in [-0.05, 0) is 25.0 Å². The van der Waals surface area contributed by atoms with E-state index in [0.29, 0.717) is 6.42 Å². The average Bonchev–Trinajstić information content (AvgIpc) is 3.04. The largest absolute Gasteiger partial charge is 0.481 e. The third kappa shape index (κ3) is 3.89. The molecule has 2 aromatic heterocycles. The first-order valence-electron chi connectivity index (χ1n) is 9.37. The highest BCUT2D eigenvalue weighted by molar-refractivity contribution is 7.99. The molecule has 29 heavy (non-hydrogen) atoms. The van der Waals surface area contributed by atoms with Crippen molar-refractivity contribution < 1.29 is 9.90 Å². The zero-order valence-electron chi connectivity index (χ0n) is 16.3. The predicted octanol–water partition coefficient (Wildman–Crippen LogP) is 4.78. The second-order valence-corrected chi connectivity index (χ2v) is 7.85. The number of benzene rings is 2. The van der Waals surface area contributed by atoms with Gasteiger partial charge in [-0.15, -0.1) is 0 Å². The quantitative estimate of drug-likeness (QED) is 0.371. The zero-order valence-corrected chi connectivity index (χ0v) is 17.1. The lowest BCUT2D eigenvalue weighted by atomic mass is 10.0. The van der Waals surface area contributed by atoms with Gasteiger partial charge in [0.15, 0.2) is 5.65 Å². The highest BCUT2D eigenvalue weighted by Crippen LogP contribution is 2.33. The highest BCUT2D eigenvalue weighted by Gasteiger charge is 2.21. The Bertz CT molecular complexity index is 1170. The van der Waals surface area contributed by atoms with Crippen molar-refractivity contribution in [1.29, 1.82) is 0 Å². The zero-order chi connectivity index (χ0) is 20.4. The molecule has 2 aromatic carbocycles. The first-order chi connectivity index (χ1) is 14.0. The van der Waals surface area contributed by atoms with E-state index in [1.807, 2.05) is 66.9 Å². The molecule has 0 fully saturated rings. The van der Waals surface area contributed by atoms with Crippen LogP contribution in [0.3, 0.4) is 0 Å². The van der Waals surface area contributed by atoms with Crippen molar-refractivity contribution in [2.45, 2.75) is 25.3 Å². The van der Waals surface area contributed by atoms with Crippen molar-refractivity contribution >= 4 is 23.4 Å². The summed E-state index contributed by atoms with van der Waals surface area (Å²) in [6, 6.07) is 20.2. The summed E-state index contributed by atoms with van der Waals surface area (Å²) in [7, 11) is 0. The molecule has 0 radical (unpaired) electrons. The van der Waals surface area contributed by atoms with Crippen LogP contribution in [0.4, 0.5) is 0 Å². The number of carboxylic acid groups (broad SMARTS) is 1. The standard InChI is InChI=1S/C23H21N3O2S/c1-15-19(13-17-9-5-3-6-10-17)23(29-14-20(27)28)26-22(24-15)21(16(2)25-26)18-11-7-4-8-12-18/h3-12H,13-14H2,1-2H3,(H,27,28). The van der Waals surface area contributed by atoms with Gasteiger partial charge in [0.25, 0.3) is 0 Å². The van der Waals surface area contributed by atoms with E-state index in [4.69, 9.17) is 10.1 Å². The maximum Gasteiger partial charge on any atom is 0.313 e. The lowest BCUT2D eigenvalue weighted by Gasteiger charge is -2.14. The molecule has 4 aromatic rings. The van der Waals surface area contributed by atoms with Crippen molar-refractivity contribution in [3.8, 4) is 11.1 Å². The molecule has 0 aliphatic carbocycles. The Hall–Kier alpha value is -3.12. The smallest absolute Gasteiger partial charge is 0.313 e. The number of hydrogen-bond acceptors (Lipinski definition) is 4. The number of carbonyl (C=O) groups is 1. The number of nitrogens with zero attached hydrogens (tertiary/aromatic N) is 3. The van der Waals surface area contributed by atoms with Gasteiger partial charge in [-0.1, -0.05) is 72.4 Å². The Balaban J connectivity index is 1.92. The van der Waals surface area contributed by atoms with Crippen molar-refractivity contribution in [2.75, 3.05) is 5.75 Å². The lowest BCUT2D eigenvalue weighted by Crippen LogP contribution is -2.08. The van der Waals surface area contributed by atoms with E-state index in [9.17, 15) is 9.90 Å². The molecule has 0 aliphatic heterocycles. The van der Waals surface area contributed by atoms with Crippen molar-refractivity contribution in [1.82, 2.24) is 14.6 Å². The number of fused-ring (bicyclic) bond motifs is 1. The molecular formula is C23H21N3O2S. The van der Waals surface area contributed by atoms with E-state index in [1.165, 1.54) is 11.8 Å². The summed E-state index contributed by atoms with van der Waals surface area (Å²) in [5, 5.41) is 14.9. The average molecular weight is 404 g/mol. The number of aliphatic carboxylic acids is 1. The van der Waals surface area contributed by atoms with Gasteiger partial charge in [0.05, 0.1) is 11.4 Å². The fourth-order valence-corrected chi connectivity index (χ4v) is 4.40. The molecule has 6 heteroatoms.